The minimum atomic E-state index is -0.570. The SMILES string of the molecule is COc1cc(Cl)cc(C(=O)Nc2ccc(Cl)cn2)c1NC(=O)c1scc(CN2C(=N)OC(C)C2C)c1Cl. The predicted octanol–water partition coefficient (Wildman–Crippen LogP) is 6.16. The Morgan fingerprint density at radius 1 is 1.16 bits per heavy atom. The minimum Gasteiger partial charge on any atom is -0.494 e. The summed E-state index contributed by atoms with van der Waals surface area (Å²) in [4.78, 5) is 32.5. The Balaban J connectivity index is 1.59. The summed E-state index contributed by atoms with van der Waals surface area (Å²) >= 11 is 19.8. The molecule has 0 radical (unpaired) electrons. The van der Waals surface area contributed by atoms with Crippen molar-refractivity contribution in [1.82, 2.24) is 9.88 Å². The Morgan fingerprint density at radius 2 is 1.92 bits per heavy atom. The first-order valence-electron chi connectivity index (χ1n) is 11.0. The number of pyridine rings is 1. The van der Waals surface area contributed by atoms with E-state index in [9.17, 15) is 9.59 Å². The lowest BCUT2D eigenvalue weighted by atomic mass is 10.1. The molecule has 3 N–H and O–H groups in total. The average Bonchev–Trinajstić information content (AvgIpc) is 3.34. The van der Waals surface area contributed by atoms with Gasteiger partial charge in [0.15, 0.2) is 0 Å². The van der Waals surface area contributed by atoms with Gasteiger partial charge in [0, 0.05) is 22.8 Å². The number of amides is 2. The third-order valence-corrected chi connectivity index (χ3v) is 7.83. The van der Waals surface area contributed by atoms with Crippen molar-refractivity contribution in [2.24, 2.45) is 0 Å². The Hall–Kier alpha value is -3.05. The van der Waals surface area contributed by atoms with Crippen LogP contribution in [0.25, 0.3) is 0 Å². The van der Waals surface area contributed by atoms with Gasteiger partial charge in [-0.25, -0.2) is 4.98 Å². The number of aromatic nitrogens is 1. The van der Waals surface area contributed by atoms with Gasteiger partial charge in [-0.3, -0.25) is 15.0 Å². The molecular weight excluding hydrogens is 561 g/mol. The monoisotopic (exact) mass is 581 g/mol. The van der Waals surface area contributed by atoms with Crippen LogP contribution < -0.4 is 15.4 Å². The summed E-state index contributed by atoms with van der Waals surface area (Å²) in [6, 6.07) is 6.06. The Kier molecular flexibility index (Phi) is 8.13. The van der Waals surface area contributed by atoms with E-state index in [-0.39, 0.29) is 55.9 Å². The number of ether oxygens (including phenoxy) is 2. The molecule has 3 heterocycles. The molecule has 37 heavy (non-hydrogen) atoms. The largest absolute Gasteiger partial charge is 0.494 e. The highest BCUT2D eigenvalue weighted by atomic mass is 35.5. The number of hydrogen-bond donors (Lipinski definition) is 3. The van der Waals surface area contributed by atoms with Gasteiger partial charge in [-0.2, -0.15) is 0 Å². The highest BCUT2D eigenvalue weighted by molar-refractivity contribution is 7.13. The second-order valence-electron chi connectivity index (χ2n) is 8.20. The number of benzene rings is 1. The summed E-state index contributed by atoms with van der Waals surface area (Å²) in [5.41, 5.74) is 0.861. The van der Waals surface area contributed by atoms with Crippen molar-refractivity contribution in [2.45, 2.75) is 32.5 Å². The zero-order valence-corrected chi connectivity index (χ0v) is 23.0. The number of halogens is 3. The first-order chi connectivity index (χ1) is 17.6. The summed E-state index contributed by atoms with van der Waals surface area (Å²) in [5.74, 6) is -0.653. The van der Waals surface area contributed by atoms with Crippen LogP contribution in [0.3, 0.4) is 0 Å². The molecule has 1 fully saturated rings. The van der Waals surface area contributed by atoms with E-state index < -0.39 is 11.8 Å². The summed E-state index contributed by atoms with van der Waals surface area (Å²) in [7, 11) is 1.40. The molecule has 1 saturated heterocycles. The van der Waals surface area contributed by atoms with Gasteiger partial charge in [0.2, 0.25) is 0 Å². The molecule has 4 rings (SSSR count). The lowest BCUT2D eigenvalue weighted by Crippen LogP contribution is -2.32. The van der Waals surface area contributed by atoms with Crippen LogP contribution in [0.15, 0.2) is 35.8 Å². The van der Waals surface area contributed by atoms with Gasteiger partial charge in [-0.1, -0.05) is 34.8 Å². The smallest absolute Gasteiger partial charge is 0.285 e. The molecule has 2 unspecified atom stereocenters. The van der Waals surface area contributed by atoms with Crippen LogP contribution in [-0.2, 0) is 11.3 Å². The average molecular weight is 583 g/mol. The summed E-state index contributed by atoms with van der Waals surface area (Å²) in [6.07, 6.45) is 1.27. The second kappa shape index (κ2) is 11.1. The molecule has 0 spiro atoms. The van der Waals surface area contributed by atoms with Gasteiger partial charge < -0.3 is 25.0 Å². The third-order valence-electron chi connectivity index (χ3n) is 5.82. The van der Waals surface area contributed by atoms with Crippen LogP contribution >= 0.6 is 46.1 Å². The molecule has 2 aromatic heterocycles. The van der Waals surface area contributed by atoms with Crippen LogP contribution in [-0.4, -0.2) is 47.0 Å². The van der Waals surface area contributed by atoms with Gasteiger partial charge in [0.05, 0.1) is 41.0 Å². The van der Waals surface area contributed by atoms with Crippen molar-refractivity contribution >= 4 is 75.5 Å². The molecule has 1 aliphatic heterocycles. The molecule has 9 nitrogen and oxygen atoms in total. The number of methoxy groups -OCH3 is 1. The number of rotatable bonds is 7. The number of carbonyl (C=O) groups is 2. The second-order valence-corrected chi connectivity index (χ2v) is 10.3. The molecule has 0 saturated carbocycles. The summed E-state index contributed by atoms with van der Waals surface area (Å²) in [6.45, 7) is 4.17. The molecule has 2 atom stereocenters. The molecule has 1 aromatic carbocycles. The van der Waals surface area contributed by atoms with Crippen molar-refractivity contribution in [1.29, 1.82) is 5.41 Å². The summed E-state index contributed by atoms with van der Waals surface area (Å²) < 4.78 is 10.9. The molecule has 13 heteroatoms. The van der Waals surface area contributed by atoms with Crippen LogP contribution in [0.5, 0.6) is 5.75 Å². The fourth-order valence-electron chi connectivity index (χ4n) is 3.67. The summed E-state index contributed by atoms with van der Waals surface area (Å²) in [5, 5.41) is 16.1. The van der Waals surface area contributed by atoms with E-state index >= 15 is 0 Å². The van der Waals surface area contributed by atoms with Crippen LogP contribution in [0, 0.1) is 5.41 Å². The normalized spacial score (nSPS) is 16.9. The predicted molar refractivity (Wildman–Crippen MR) is 146 cm³/mol. The maximum absolute atomic E-state index is 13.3. The van der Waals surface area contributed by atoms with Gasteiger partial charge in [-0.05, 0) is 37.4 Å². The zero-order valence-electron chi connectivity index (χ0n) is 19.9. The van der Waals surface area contributed by atoms with Crippen molar-refractivity contribution in [3.63, 3.8) is 0 Å². The highest BCUT2D eigenvalue weighted by Crippen LogP contribution is 2.36. The fraction of sp³-hybridized carbons (Fsp3) is 0.250. The highest BCUT2D eigenvalue weighted by Gasteiger charge is 2.34. The first-order valence-corrected chi connectivity index (χ1v) is 13.0. The van der Waals surface area contributed by atoms with Crippen molar-refractivity contribution in [2.75, 3.05) is 17.7 Å². The van der Waals surface area contributed by atoms with E-state index in [4.69, 9.17) is 49.7 Å². The van der Waals surface area contributed by atoms with E-state index in [1.807, 2.05) is 13.8 Å². The van der Waals surface area contributed by atoms with E-state index in [1.165, 1.54) is 25.4 Å². The van der Waals surface area contributed by atoms with Crippen molar-refractivity contribution < 1.29 is 19.1 Å². The maximum Gasteiger partial charge on any atom is 0.285 e. The first kappa shape index (κ1) is 27.0. The molecule has 3 aromatic rings. The van der Waals surface area contributed by atoms with Crippen molar-refractivity contribution in [3.05, 3.63) is 66.9 Å². The lowest BCUT2D eigenvalue weighted by molar-refractivity contribution is 0.102. The Morgan fingerprint density at radius 3 is 2.54 bits per heavy atom. The van der Waals surface area contributed by atoms with Gasteiger partial charge in [0.25, 0.3) is 17.8 Å². The number of hydrogen-bond acceptors (Lipinski definition) is 7. The molecular formula is C24H22Cl3N5O4S. The zero-order chi connectivity index (χ0) is 26.9. The van der Waals surface area contributed by atoms with E-state index in [1.54, 1.807) is 22.4 Å². The Bertz CT molecular complexity index is 1370. The van der Waals surface area contributed by atoms with Gasteiger partial charge in [0.1, 0.15) is 22.5 Å². The van der Waals surface area contributed by atoms with Crippen molar-refractivity contribution in [3.8, 4) is 5.75 Å². The van der Waals surface area contributed by atoms with E-state index in [0.717, 1.165) is 11.3 Å². The molecule has 0 bridgehead atoms. The topological polar surface area (TPSA) is 117 Å². The quantitative estimate of drug-likeness (QED) is 0.307. The number of thiophene rings is 1. The fourth-order valence-corrected chi connectivity index (χ4v) is 5.24. The molecule has 194 valence electrons. The minimum absolute atomic E-state index is 0.0183. The van der Waals surface area contributed by atoms with E-state index in [0.29, 0.717) is 17.1 Å². The van der Waals surface area contributed by atoms with Gasteiger partial charge in [-0.15, -0.1) is 11.3 Å². The van der Waals surface area contributed by atoms with Gasteiger partial charge >= 0.3 is 0 Å². The number of carbonyl (C=O) groups excluding carboxylic acids is 2. The van der Waals surface area contributed by atoms with Crippen LogP contribution in [0.1, 0.15) is 39.4 Å². The number of anilines is 2. The standard InChI is InChI=1S/C24H22Cl3N5O4S/c1-11-12(2)36-24(28)32(11)9-13-10-37-21(19(13)27)23(34)31-20-16(6-15(26)7-17(20)35-3)22(33)30-18-5-4-14(25)8-29-18/h4-8,10-12,28H,9H2,1-3H3,(H,31,34)(H,29,30,33). The number of nitrogens with zero attached hydrogens (tertiary/aromatic N) is 2. The molecule has 0 aliphatic carbocycles. The molecule has 1 aliphatic rings. The Labute approximate surface area is 232 Å². The molecule has 2 amide bonds. The van der Waals surface area contributed by atoms with E-state index in [2.05, 4.69) is 15.6 Å². The number of amidine groups is 1. The number of nitrogens with one attached hydrogen (secondary N) is 3. The third kappa shape index (κ3) is 5.77. The van der Waals surface area contributed by atoms with Crippen LogP contribution in [0.4, 0.5) is 11.5 Å². The van der Waals surface area contributed by atoms with Crippen LogP contribution in [0.2, 0.25) is 15.1 Å². The maximum atomic E-state index is 13.3. The lowest BCUT2D eigenvalue weighted by Gasteiger charge is -2.20.